The standard InChI is InChI=1S/C6H11N2.C6H15S.C2N3.HI/c1-3-8-5-4-7(2)6-8;1-4-7(5-2)6-3;3-1-5-2-4;/h4-6H,3H2,1-2H3;4-6H2,1-3H3;;1H/q2*+1;-1;/p-1. The van der Waals surface area contributed by atoms with Crippen molar-refractivity contribution in [1.82, 2.24) is 4.57 Å². The van der Waals surface area contributed by atoms with Crippen LogP contribution in [0.15, 0.2) is 23.7 Å². The molecule has 0 aliphatic carbocycles. The maximum atomic E-state index is 7.43. The molecule has 7 heteroatoms. The summed E-state index contributed by atoms with van der Waals surface area (Å²) in [5, 5.41) is 14.9. The number of aromatic nitrogens is 2. The Hall–Kier alpha value is -0.840. The van der Waals surface area contributed by atoms with Gasteiger partial charge >= 0.3 is 0 Å². The van der Waals surface area contributed by atoms with Gasteiger partial charge < -0.3 is 34.4 Å². The number of halogens is 1. The molecule has 0 unspecified atom stereocenters. The van der Waals surface area contributed by atoms with Crippen molar-refractivity contribution in [1.29, 1.82) is 5.26 Å². The monoisotopic (exact) mass is 423 g/mol. The average Bonchev–Trinajstić information content (AvgIpc) is 2.89. The highest BCUT2D eigenvalue weighted by Crippen LogP contribution is 1.92. The second-order valence-corrected chi connectivity index (χ2v) is 6.66. The van der Waals surface area contributed by atoms with Crippen LogP contribution in [0.2, 0.25) is 0 Å². The van der Waals surface area contributed by atoms with Crippen LogP contribution >= 0.6 is 0 Å². The minimum Gasteiger partial charge on any atom is -1.00 e. The van der Waals surface area contributed by atoms with Crippen molar-refractivity contribution in [2.24, 2.45) is 12.0 Å². The number of aryl methyl sites for hydroxylation is 2. The Bertz CT molecular complexity index is 412. The predicted molar refractivity (Wildman–Crippen MR) is 86.7 cm³/mol. The van der Waals surface area contributed by atoms with Gasteiger partial charge in [0.1, 0.15) is 29.7 Å². The van der Waals surface area contributed by atoms with Gasteiger partial charge in [0.25, 0.3) is 0 Å². The van der Waals surface area contributed by atoms with Crippen molar-refractivity contribution in [2.45, 2.75) is 34.2 Å². The largest absolute Gasteiger partial charge is 1.00 e. The maximum Gasteiger partial charge on any atom is 0.243 e. The highest BCUT2D eigenvalue weighted by atomic mass is 127. The normalized spacial score (nSPS) is 8.05. The molecular formula is C14H26IN5S. The second kappa shape index (κ2) is 19.2. The maximum absolute atomic E-state index is 7.43. The van der Waals surface area contributed by atoms with E-state index in [1.165, 1.54) is 29.5 Å². The SMILES string of the molecule is CC[S+](CC)CC.CCn1cc[n+](C)c1.N#CN=C=[N-].[I-]. The molecule has 0 atom stereocenters. The predicted octanol–water partition coefficient (Wildman–Crippen LogP) is -0.788. The molecule has 0 spiro atoms. The van der Waals surface area contributed by atoms with Crippen molar-refractivity contribution in [2.75, 3.05) is 17.3 Å². The van der Waals surface area contributed by atoms with Crippen LogP contribution in [0.3, 0.4) is 0 Å². The van der Waals surface area contributed by atoms with E-state index in [-0.39, 0.29) is 24.0 Å². The van der Waals surface area contributed by atoms with Gasteiger partial charge in [-0.3, -0.25) is 0 Å². The number of nitrogens with zero attached hydrogens (tertiary/aromatic N) is 5. The molecule has 0 N–H and O–H groups in total. The van der Waals surface area contributed by atoms with Crippen LogP contribution in [0.5, 0.6) is 0 Å². The van der Waals surface area contributed by atoms with E-state index in [1.807, 2.05) is 17.8 Å². The van der Waals surface area contributed by atoms with Gasteiger partial charge in [-0.05, 0) is 38.6 Å². The minimum atomic E-state index is 0. The van der Waals surface area contributed by atoms with E-state index in [9.17, 15) is 0 Å². The zero-order chi connectivity index (χ0) is 15.8. The van der Waals surface area contributed by atoms with Crippen LogP contribution in [0.4, 0.5) is 0 Å². The molecule has 1 heterocycles. The zero-order valence-corrected chi connectivity index (χ0v) is 16.6. The highest BCUT2D eigenvalue weighted by molar-refractivity contribution is 7.96. The lowest BCUT2D eigenvalue weighted by Gasteiger charge is -1.96. The van der Waals surface area contributed by atoms with Crippen LogP contribution < -0.4 is 28.5 Å². The molecule has 0 saturated heterocycles. The lowest BCUT2D eigenvalue weighted by atomic mass is 10.7. The summed E-state index contributed by atoms with van der Waals surface area (Å²) in [6.45, 7) is 10.0. The van der Waals surface area contributed by atoms with Crippen LogP contribution in [0, 0.1) is 11.5 Å². The van der Waals surface area contributed by atoms with Gasteiger partial charge in [0.05, 0.1) is 19.8 Å². The molecule has 0 aliphatic heterocycles. The molecule has 5 nitrogen and oxygen atoms in total. The Kier molecular flexibility index (Phi) is 22.9. The number of hydrogen-bond donors (Lipinski definition) is 0. The second-order valence-electron chi connectivity index (χ2n) is 3.70. The fourth-order valence-corrected chi connectivity index (χ4v) is 2.55. The molecule has 0 aromatic carbocycles. The van der Waals surface area contributed by atoms with Crippen LogP contribution in [-0.4, -0.2) is 27.8 Å². The molecule has 21 heavy (non-hydrogen) atoms. The lowest BCUT2D eigenvalue weighted by Crippen LogP contribution is -3.00. The van der Waals surface area contributed by atoms with E-state index in [2.05, 4.69) is 49.8 Å². The Morgan fingerprint density at radius 3 is 1.86 bits per heavy atom. The summed E-state index contributed by atoms with van der Waals surface area (Å²) < 4.78 is 4.16. The highest BCUT2D eigenvalue weighted by Gasteiger charge is 2.05. The van der Waals surface area contributed by atoms with Crippen LogP contribution in [0.25, 0.3) is 5.41 Å². The fourth-order valence-electron chi connectivity index (χ4n) is 1.32. The van der Waals surface area contributed by atoms with E-state index < -0.39 is 0 Å². The summed E-state index contributed by atoms with van der Waals surface area (Å²) in [6, 6.07) is 1.28. The first-order valence-electron chi connectivity index (χ1n) is 6.72. The lowest BCUT2D eigenvalue weighted by molar-refractivity contribution is -0.671. The summed E-state index contributed by atoms with van der Waals surface area (Å²) in [7, 11) is 2.77. The molecule has 0 amide bonds. The molecular weight excluding hydrogens is 397 g/mol. The van der Waals surface area contributed by atoms with Gasteiger partial charge in [-0.1, -0.05) is 0 Å². The van der Waals surface area contributed by atoms with Crippen molar-refractivity contribution in [3.8, 4) is 6.19 Å². The van der Waals surface area contributed by atoms with Crippen molar-refractivity contribution in [3.63, 3.8) is 0 Å². The Labute approximate surface area is 149 Å². The quantitative estimate of drug-likeness (QED) is 0.206. The smallest absolute Gasteiger partial charge is 0.243 e. The van der Waals surface area contributed by atoms with Gasteiger partial charge in [0, 0.05) is 0 Å². The van der Waals surface area contributed by atoms with Gasteiger partial charge in [0.2, 0.25) is 6.33 Å². The third kappa shape index (κ3) is 17.1. The third-order valence-corrected chi connectivity index (χ3v) is 4.96. The molecule has 0 bridgehead atoms. The van der Waals surface area contributed by atoms with E-state index in [0.29, 0.717) is 0 Å². The summed E-state index contributed by atoms with van der Waals surface area (Å²) in [6.07, 6.45) is 7.42. The number of hydrogen-bond acceptors (Lipinski definition) is 2. The molecule has 0 radical (unpaired) electrons. The summed E-state index contributed by atoms with van der Waals surface area (Å²) >= 11 is 0. The minimum absolute atomic E-state index is 0. The van der Waals surface area contributed by atoms with Crippen molar-refractivity contribution >= 4 is 16.9 Å². The molecule has 0 saturated carbocycles. The topological polar surface area (TPSA) is 67.3 Å². The van der Waals surface area contributed by atoms with E-state index >= 15 is 0 Å². The number of imidazole rings is 1. The summed E-state index contributed by atoms with van der Waals surface area (Å²) in [5.41, 5.74) is 0. The number of aliphatic imine (C=N–C) groups is 1. The summed E-state index contributed by atoms with van der Waals surface area (Å²) in [4.78, 5) is 2.58. The Balaban J connectivity index is -0.000000233. The van der Waals surface area contributed by atoms with E-state index in [4.69, 9.17) is 10.7 Å². The fraction of sp³-hybridized carbons (Fsp3) is 0.643. The molecule has 1 aromatic heterocycles. The van der Waals surface area contributed by atoms with Crippen molar-refractivity contribution in [3.05, 3.63) is 24.1 Å². The summed E-state index contributed by atoms with van der Waals surface area (Å²) in [5.74, 6) is 4.15. The number of nitriles is 1. The first-order chi connectivity index (χ1) is 9.59. The first kappa shape index (κ1) is 25.1. The Morgan fingerprint density at radius 2 is 1.76 bits per heavy atom. The molecule has 1 aromatic rings. The van der Waals surface area contributed by atoms with E-state index in [0.717, 1.165) is 17.4 Å². The van der Waals surface area contributed by atoms with Gasteiger partial charge in [-0.2, -0.15) is 5.26 Å². The molecule has 0 aliphatic rings. The van der Waals surface area contributed by atoms with E-state index in [1.54, 1.807) is 0 Å². The van der Waals surface area contributed by atoms with Crippen LogP contribution in [-0.2, 0) is 24.5 Å². The Morgan fingerprint density at radius 1 is 1.24 bits per heavy atom. The molecule has 120 valence electrons. The van der Waals surface area contributed by atoms with Gasteiger partial charge in [-0.15, -0.1) is 6.01 Å². The average molecular weight is 423 g/mol. The molecule has 0 fully saturated rings. The number of rotatable bonds is 4. The van der Waals surface area contributed by atoms with Gasteiger partial charge in [0.15, 0.2) is 0 Å². The zero-order valence-electron chi connectivity index (χ0n) is 13.6. The molecule has 1 rings (SSSR count). The van der Waals surface area contributed by atoms with Crippen LogP contribution in [0.1, 0.15) is 27.7 Å². The third-order valence-electron chi connectivity index (χ3n) is 2.51. The van der Waals surface area contributed by atoms with Gasteiger partial charge in [-0.25, -0.2) is 9.13 Å². The first-order valence-corrected chi connectivity index (χ1v) is 8.45. The van der Waals surface area contributed by atoms with Crippen molar-refractivity contribution < 1.29 is 28.5 Å².